The molecule has 3 saturated carbocycles. The summed E-state index contributed by atoms with van der Waals surface area (Å²) < 4.78 is 5.25. The van der Waals surface area contributed by atoms with E-state index in [0.29, 0.717) is 75.5 Å². The van der Waals surface area contributed by atoms with Gasteiger partial charge < -0.3 is 41.3 Å². The Bertz CT molecular complexity index is 3960. The van der Waals surface area contributed by atoms with Gasteiger partial charge >= 0.3 is 12.1 Å². The van der Waals surface area contributed by atoms with Crippen LogP contribution in [-0.2, 0) is 67.3 Å². The van der Waals surface area contributed by atoms with Crippen LogP contribution in [0.25, 0.3) is 0 Å². The van der Waals surface area contributed by atoms with Gasteiger partial charge in [0.15, 0.2) is 23.9 Å². The number of alkyl carbamates (subject to hydrolysis) is 1. The molecule has 3 aliphatic carbocycles. The Kier molecular flexibility index (Phi) is 36.2. The van der Waals surface area contributed by atoms with Gasteiger partial charge in [-0.25, -0.2) is 9.59 Å². The number of carbonyl (C=O) groups excluding carboxylic acids is 9. The van der Waals surface area contributed by atoms with Gasteiger partial charge in [0.1, 0.15) is 23.2 Å². The van der Waals surface area contributed by atoms with Crippen LogP contribution in [0.5, 0.6) is 0 Å². The lowest BCUT2D eigenvalue weighted by Gasteiger charge is -2.31. The zero-order chi connectivity index (χ0) is 83.5. The quantitative estimate of drug-likeness (QED) is 0.0321. The molecule has 112 heavy (non-hydrogen) atoms. The number of carboxylic acid groups (broad SMARTS) is 1. The number of aliphatic carboxylic acids is 1. The zero-order valence-electron chi connectivity index (χ0n) is 70.2. The Morgan fingerprint density at radius 2 is 0.795 bits per heavy atom. The summed E-state index contributed by atoms with van der Waals surface area (Å²) in [7, 11) is 1.71. The number of anilines is 1. The molecule has 0 spiro atoms. The maximum Gasteiger partial charge on any atom is 0.409 e. The van der Waals surface area contributed by atoms with Gasteiger partial charge in [-0.2, -0.15) is 0 Å². The van der Waals surface area contributed by atoms with Crippen molar-refractivity contribution in [2.45, 2.75) is 288 Å². The number of hydrogen-bond donors (Lipinski definition) is 7. The van der Waals surface area contributed by atoms with Gasteiger partial charge in [0, 0.05) is 61.0 Å². The highest BCUT2D eigenvalue weighted by Gasteiger charge is 2.47. The number of benzene rings is 4. The number of Topliss-reactive ketones (excluding diaryl/α,β-unsaturated/α-hetero) is 2. The average Bonchev–Trinajstić information content (AvgIpc) is 1.64. The molecule has 3 fully saturated rings. The minimum Gasteiger partial charge on any atom is -0.480 e. The van der Waals surface area contributed by atoms with Crippen LogP contribution >= 0.6 is 22.6 Å². The second kappa shape index (κ2) is 43.1. The molecule has 6 aliphatic rings. The number of hydrogen-bond acceptors (Lipinski definition) is 14. The second-order valence-electron chi connectivity index (χ2n) is 34.2. The summed E-state index contributed by atoms with van der Waals surface area (Å²) >= 11 is 2.15. The number of fused-ring (bicyclic) bond motifs is 3. The average molecular weight is 1660 g/mol. The van der Waals surface area contributed by atoms with Crippen LogP contribution in [0.15, 0.2) is 118 Å². The van der Waals surface area contributed by atoms with E-state index in [1.165, 1.54) is 0 Å². The van der Waals surface area contributed by atoms with Crippen LogP contribution in [0.2, 0.25) is 0 Å². The number of rotatable bonds is 20. The number of carboxylic acids is 1. The molecule has 0 bridgehead atoms. The highest BCUT2D eigenvalue weighted by molar-refractivity contribution is 14.1. The highest BCUT2D eigenvalue weighted by Crippen LogP contribution is 2.37. The summed E-state index contributed by atoms with van der Waals surface area (Å²) in [5, 5.41) is 26.3. The van der Waals surface area contributed by atoms with Gasteiger partial charge in [-0.1, -0.05) is 276 Å². The van der Waals surface area contributed by atoms with Crippen molar-refractivity contribution < 1.29 is 57.8 Å². The third-order valence-corrected chi connectivity index (χ3v) is 20.5. The maximum absolute atomic E-state index is 13.5. The Hall–Kier alpha value is -8.48. The minimum atomic E-state index is -1.05. The topological polar surface area (TPSA) is 313 Å². The molecule has 4 aromatic rings. The molecular formula is C89H129IN10O12. The van der Waals surface area contributed by atoms with E-state index in [9.17, 15) is 53.1 Å². The summed E-state index contributed by atoms with van der Waals surface area (Å²) in [6, 6.07) is 32.6. The molecule has 3 atom stereocenters. The van der Waals surface area contributed by atoms with Crippen LogP contribution in [0.1, 0.15) is 267 Å². The van der Waals surface area contributed by atoms with Crippen molar-refractivity contribution in [2.75, 3.05) is 16.9 Å². The number of benzodiazepines with no additional fused rings is 1. The molecule has 0 saturated heterocycles. The van der Waals surface area contributed by atoms with Gasteiger partial charge in [0.05, 0.1) is 22.8 Å². The number of nitrogens with zero attached hydrogens (tertiary/aromatic N) is 4. The molecule has 614 valence electrons. The van der Waals surface area contributed by atoms with Crippen molar-refractivity contribution in [1.29, 1.82) is 0 Å². The number of aliphatic imine (C=N–C) groups is 3. The van der Waals surface area contributed by atoms with Crippen LogP contribution in [0, 0.1) is 34.0 Å². The lowest BCUT2D eigenvalue weighted by Crippen LogP contribution is -2.60. The number of ether oxygens (including phenoxy) is 1. The SMILES string of the molecule is CC.CC(C)(C)C1=NC(NC(=O)OCc2ccccc2)C(=O)Cc2ccccc21.CC(C)CCC(=O)NC1(C(=O)NC2N=C(C(C)(C)C)c3ccccc3CC2=O)CCCC1.CC(C)CCC(=O)NC1(C(=O)NC2N=C(C(C)(C)C)c3ccccc3N(C)C2=O)CCCC1.CC(C)CCC(=O)NC1(C(=O)O)CCCC1.CI. The molecule has 7 amide bonds. The number of amides is 7. The first-order chi connectivity index (χ1) is 52.8. The molecule has 0 radical (unpaired) electrons. The fourth-order valence-electron chi connectivity index (χ4n) is 14.4. The van der Waals surface area contributed by atoms with Crippen LogP contribution < -0.4 is 36.8 Å². The van der Waals surface area contributed by atoms with Crippen molar-refractivity contribution in [3.05, 3.63) is 137 Å². The van der Waals surface area contributed by atoms with E-state index in [4.69, 9.17) is 14.7 Å². The lowest BCUT2D eigenvalue weighted by molar-refractivity contribution is -0.147. The van der Waals surface area contributed by atoms with Gasteiger partial charge in [0.25, 0.3) is 5.91 Å². The number of alkyl halides is 1. The third kappa shape index (κ3) is 27.1. The van der Waals surface area contributed by atoms with Crippen molar-refractivity contribution >= 4 is 104 Å². The van der Waals surface area contributed by atoms with E-state index in [1.807, 2.05) is 163 Å². The Morgan fingerprint density at radius 3 is 1.18 bits per heavy atom. The minimum absolute atomic E-state index is 0.103. The smallest absolute Gasteiger partial charge is 0.409 e. The second-order valence-corrected chi connectivity index (χ2v) is 34.2. The molecule has 3 heterocycles. The molecule has 23 heteroatoms. The summed E-state index contributed by atoms with van der Waals surface area (Å²) in [5.74, 6) is -1.14. The lowest BCUT2D eigenvalue weighted by atomic mass is 9.83. The largest absolute Gasteiger partial charge is 0.480 e. The Labute approximate surface area is 680 Å². The fourth-order valence-corrected chi connectivity index (χ4v) is 14.4. The van der Waals surface area contributed by atoms with E-state index < -0.39 is 47.2 Å². The number of nitrogens with one attached hydrogen (secondary N) is 6. The maximum atomic E-state index is 13.5. The van der Waals surface area contributed by atoms with E-state index in [2.05, 4.69) is 122 Å². The van der Waals surface area contributed by atoms with Crippen molar-refractivity contribution in [3.8, 4) is 0 Å². The predicted molar refractivity (Wildman–Crippen MR) is 455 cm³/mol. The Morgan fingerprint density at radius 1 is 0.473 bits per heavy atom. The van der Waals surface area contributed by atoms with Gasteiger partial charge in [-0.3, -0.25) is 58.7 Å². The molecule has 3 aliphatic heterocycles. The van der Waals surface area contributed by atoms with Crippen LogP contribution in [-0.4, -0.2) is 128 Å². The number of para-hydroxylation sites is 1. The van der Waals surface area contributed by atoms with Gasteiger partial charge in [0.2, 0.25) is 35.7 Å². The monoisotopic (exact) mass is 1660 g/mol. The van der Waals surface area contributed by atoms with E-state index in [1.54, 1.807) is 11.9 Å². The number of carbonyl (C=O) groups is 10. The molecular weight excluding hydrogens is 1530 g/mol. The summed E-state index contributed by atoms with van der Waals surface area (Å²) in [5.41, 5.74) is 4.89. The van der Waals surface area contributed by atoms with Crippen molar-refractivity contribution in [1.82, 2.24) is 31.9 Å². The molecule has 4 aromatic carbocycles. The van der Waals surface area contributed by atoms with Crippen LogP contribution in [0.3, 0.4) is 0 Å². The first-order valence-corrected chi connectivity index (χ1v) is 42.4. The van der Waals surface area contributed by atoms with Gasteiger partial charge in [-0.05, 0) is 114 Å². The van der Waals surface area contributed by atoms with E-state index >= 15 is 0 Å². The van der Waals surface area contributed by atoms with E-state index in [-0.39, 0.29) is 82.7 Å². The molecule has 10 rings (SSSR count). The highest BCUT2D eigenvalue weighted by atomic mass is 127. The summed E-state index contributed by atoms with van der Waals surface area (Å²) in [6.45, 7) is 35.0. The van der Waals surface area contributed by atoms with Crippen molar-refractivity contribution in [3.63, 3.8) is 0 Å². The van der Waals surface area contributed by atoms with Crippen molar-refractivity contribution in [2.24, 2.45) is 49.0 Å². The fraction of sp³-hybridized carbons (Fsp3) is 0.584. The first-order valence-electron chi connectivity index (χ1n) is 40.2. The standard InChI is InChI=1S/C26H38N4O3.C26H37N3O3.C22H24N2O3.C12H21NO3.C2H6.CH3I/c1-17(2)13-14-20(31)29-26(15-9-10-16-26)24(33)28-22-23(32)30(6)19-12-8-7-11-18(19)21(27-22)25(3,4)5;1-17(2)12-13-21(31)29-26(14-8-9-15-26)24(32)28-23-20(30)16-18-10-6-7-11-19(18)22(27-23)25(3,4)5;1-22(2,3)19-17-12-8-7-11-16(17)13-18(25)20(23-19)24-21(26)27-14-15-9-5-4-6-10-15;1-9(2)5-6-10(14)13-12(11(15)16)7-3-4-8-12;2*1-2/h7-8,11-12,17,22H,9-10,13-16H2,1-6H3,(H,28,33)(H,29,31);6-7,10-11,17,23H,8-9,12-16H2,1-5H3,(H,28,32)(H,29,31);4-12,20H,13-14H2,1-3H3,(H,24,26);9H,3-8H2,1-2H3,(H,13,14)(H,15,16);1-2H3;1H3. The normalized spacial score (nSPS) is 18.6. The zero-order valence-corrected chi connectivity index (χ0v) is 72.4. The summed E-state index contributed by atoms with van der Waals surface area (Å²) in [4.78, 5) is 144. The Balaban J connectivity index is 0.000000270. The first kappa shape index (κ1) is 94.1. The molecule has 7 N–H and O–H groups in total. The number of ketones is 2. The molecule has 0 aromatic heterocycles. The number of halogens is 1. The molecule has 3 unspecified atom stereocenters. The number of likely N-dealkylation sites (N-methyl/N-ethyl adjacent to an activating group) is 1. The third-order valence-electron chi connectivity index (χ3n) is 20.5. The van der Waals surface area contributed by atoms with Gasteiger partial charge in [-0.15, -0.1) is 0 Å². The predicted octanol–water partition coefficient (Wildman–Crippen LogP) is 15.7. The van der Waals surface area contributed by atoms with E-state index in [0.717, 1.165) is 114 Å². The van der Waals surface area contributed by atoms with Crippen LogP contribution in [0.4, 0.5) is 10.5 Å². The molecule has 22 nitrogen and oxygen atoms in total. The summed E-state index contributed by atoms with van der Waals surface area (Å²) in [6.07, 6.45) is 9.09.